The highest BCUT2D eigenvalue weighted by Crippen LogP contribution is 2.11. The van der Waals surface area contributed by atoms with Crippen molar-refractivity contribution in [2.75, 3.05) is 6.61 Å². The Balaban J connectivity index is 2.61. The Hall–Kier alpha value is -1.27. The van der Waals surface area contributed by atoms with Crippen LogP contribution in [0.2, 0.25) is 0 Å². The van der Waals surface area contributed by atoms with Gasteiger partial charge in [-0.25, -0.2) is 5.48 Å². The number of nitrogens with zero attached hydrogens (tertiary/aromatic N) is 2. The van der Waals surface area contributed by atoms with E-state index >= 15 is 0 Å². The SMILES string of the molecule is C=CCONC(=O)c1cnn(C)c1S. The second kappa shape index (κ2) is 4.83. The van der Waals surface area contributed by atoms with Crippen LogP contribution in [-0.2, 0) is 11.9 Å². The first-order valence-electron chi connectivity index (χ1n) is 3.90. The van der Waals surface area contributed by atoms with Crippen molar-refractivity contribution in [1.82, 2.24) is 15.3 Å². The van der Waals surface area contributed by atoms with Crippen molar-refractivity contribution in [3.8, 4) is 0 Å². The molecule has 1 heterocycles. The molecule has 0 bridgehead atoms. The fourth-order valence-corrected chi connectivity index (χ4v) is 1.02. The average molecular weight is 213 g/mol. The molecule has 1 aromatic rings. The summed E-state index contributed by atoms with van der Waals surface area (Å²) in [5.41, 5.74) is 2.62. The summed E-state index contributed by atoms with van der Waals surface area (Å²) in [7, 11) is 1.70. The molecular weight excluding hydrogens is 202 g/mol. The minimum atomic E-state index is -0.370. The number of aryl methyl sites for hydroxylation is 1. The molecule has 0 saturated heterocycles. The minimum absolute atomic E-state index is 0.258. The standard InChI is InChI=1S/C8H11N3O2S/c1-3-4-13-10-7(12)6-5-9-11(2)8(6)14/h3,5,14H,1,4H2,2H3,(H,10,12). The molecule has 0 unspecified atom stereocenters. The monoisotopic (exact) mass is 213 g/mol. The van der Waals surface area contributed by atoms with Crippen LogP contribution >= 0.6 is 12.6 Å². The van der Waals surface area contributed by atoms with Crippen molar-refractivity contribution in [2.45, 2.75) is 5.03 Å². The Bertz CT molecular complexity index is 348. The Labute approximate surface area is 87.1 Å². The second-order valence-corrected chi connectivity index (χ2v) is 2.96. The van der Waals surface area contributed by atoms with E-state index in [1.165, 1.54) is 17.0 Å². The van der Waals surface area contributed by atoms with E-state index in [9.17, 15) is 4.79 Å². The van der Waals surface area contributed by atoms with E-state index in [0.29, 0.717) is 10.6 Å². The van der Waals surface area contributed by atoms with Crippen LogP contribution < -0.4 is 5.48 Å². The van der Waals surface area contributed by atoms with Crippen LogP contribution in [-0.4, -0.2) is 22.3 Å². The van der Waals surface area contributed by atoms with E-state index in [0.717, 1.165) is 0 Å². The van der Waals surface area contributed by atoms with Crippen molar-refractivity contribution in [3.05, 3.63) is 24.4 Å². The van der Waals surface area contributed by atoms with Crippen LogP contribution in [0.5, 0.6) is 0 Å². The number of nitrogens with one attached hydrogen (secondary N) is 1. The van der Waals surface area contributed by atoms with Crippen molar-refractivity contribution in [3.63, 3.8) is 0 Å². The number of hydroxylamine groups is 1. The lowest BCUT2D eigenvalue weighted by atomic mass is 10.3. The number of aromatic nitrogens is 2. The predicted molar refractivity (Wildman–Crippen MR) is 54.1 cm³/mol. The van der Waals surface area contributed by atoms with E-state index in [-0.39, 0.29) is 12.5 Å². The molecule has 1 amide bonds. The number of hydrogen-bond acceptors (Lipinski definition) is 4. The molecule has 0 spiro atoms. The first kappa shape index (κ1) is 10.8. The lowest BCUT2D eigenvalue weighted by Gasteiger charge is -2.02. The number of rotatable bonds is 4. The minimum Gasteiger partial charge on any atom is -0.269 e. The second-order valence-electron chi connectivity index (χ2n) is 2.54. The first-order valence-corrected chi connectivity index (χ1v) is 4.35. The zero-order valence-electron chi connectivity index (χ0n) is 7.73. The molecule has 0 aromatic carbocycles. The third-order valence-corrected chi connectivity index (χ3v) is 2.05. The van der Waals surface area contributed by atoms with Gasteiger partial charge in [0.15, 0.2) is 0 Å². The van der Waals surface area contributed by atoms with Gasteiger partial charge in [0.25, 0.3) is 5.91 Å². The molecular formula is C8H11N3O2S. The van der Waals surface area contributed by atoms with Crippen molar-refractivity contribution >= 4 is 18.5 Å². The molecule has 0 atom stereocenters. The van der Waals surface area contributed by atoms with Gasteiger partial charge in [-0.3, -0.25) is 14.3 Å². The molecule has 14 heavy (non-hydrogen) atoms. The summed E-state index contributed by atoms with van der Waals surface area (Å²) < 4.78 is 1.49. The van der Waals surface area contributed by atoms with Crippen LogP contribution in [0, 0.1) is 0 Å². The quantitative estimate of drug-likeness (QED) is 0.332. The number of amides is 1. The van der Waals surface area contributed by atoms with Gasteiger partial charge in [0.1, 0.15) is 5.03 Å². The highest BCUT2D eigenvalue weighted by atomic mass is 32.1. The first-order chi connectivity index (χ1) is 6.66. The molecule has 1 aromatic heterocycles. The van der Waals surface area contributed by atoms with Gasteiger partial charge < -0.3 is 0 Å². The highest BCUT2D eigenvalue weighted by Gasteiger charge is 2.12. The lowest BCUT2D eigenvalue weighted by molar-refractivity contribution is 0.0418. The third-order valence-electron chi connectivity index (χ3n) is 1.52. The van der Waals surface area contributed by atoms with Gasteiger partial charge >= 0.3 is 0 Å². The van der Waals surface area contributed by atoms with Gasteiger partial charge in [-0.2, -0.15) is 5.10 Å². The summed E-state index contributed by atoms with van der Waals surface area (Å²) >= 11 is 4.11. The summed E-state index contributed by atoms with van der Waals surface area (Å²) in [6.45, 7) is 3.70. The molecule has 0 saturated carbocycles. The maximum atomic E-state index is 11.4. The molecule has 0 aliphatic carbocycles. The largest absolute Gasteiger partial charge is 0.279 e. The maximum absolute atomic E-state index is 11.4. The molecule has 1 N–H and O–H groups in total. The Morgan fingerprint density at radius 1 is 1.93 bits per heavy atom. The van der Waals surface area contributed by atoms with Crippen molar-refractivity contribution in [1.29, 1.82) is 0 Å². The normalized spacial score (nSPS) is 9.86. The zero-order chi connectivity index (χ0) is 10.6. The van der Waals surface area contributed by atoms with E-state index in [2.05, 4.69) is 29.8 Å². The van der Waals surface area contributed by atoms with Gasteiger partial charge in [-0.15, -0.1) is 19.2 Å². The van der Waals surface area contributed by atoms with Crippen LogP contribution in [0.25, 0.3) is 0 Å². The zero-order valence-corrected chi connectivity index (χ0v) is 8.62. The predicted octanol–water partition coefficient (Wildman–Crippen LogP) is 0.556. The van der Waals surface area contributed by atoms with Crippen LogP contribution in [0.3, 0.4) is 0 Å². The van der Waals surface area contributed by atoms with Crippen molar-refractivity contribution < 1.29 is 9.63 Å². The van der Waals surface area contributed by atoms with E-state index in [4.69, 9.17) is 4.84 Å². The van der Waals surface area contributed by atoms with E-state index in [1.54, 1.807) is 7.05 Å². The fourth-order valence-electron chi connectivity index (χ4n) is 0.812. The van der Waals surface area contributed by atoms with Crippen molar-refractivity contribution in [2.24, 2.45) is 7.05 Å². The fraction of sp³-hybridized carbons (Fsp3) is 0.250. The van der Waals surface area contributed by atoms with Gasteiger partial charge in [-0.1, -0.05) is 6.08 Å². The Morgan fingerprint density at radius 2 is 2.64 bits per heavy atom. The van der Waals surface area contributed by atoms with Gasteiger partial charge in [0.05, 0.1) is 18.4 Å². The smallest absolute Gasteiger partial charge is 0.269 e. The Kier molecular flexibility index (Phi) is 3.73. The molecule has 5 nitrogen and oxygen atoms in total. The number of thiol groups is 1. The third kappa shape index (κ3) is 2.36. The van der Waals surface area contributed by atoms with Gasteiger partial charge in [-0.05, 0) is 0 Å². The molecule has 1 rings (SSSR count). The molecule has 0 aliphatic rings. The van der Waals surface area contributed by atoms with Crippen LogP contribution in [0.4, 0.5) is 0 Å². The molecule has 0 fully saturated rings. The maximum Gasteiger partial charge on any atom is 0.279 e. The van der Waals surface area contributed by atoms with Gasteiger partial charge in [0, 0.05) is 7.05 Å². The van der Waals surface area contributed by atoms with Crippen LogP contribution in [0.1, 0.15) is 10.4 Å². The van der Waals surface area contributed by atoms with E-state index in [1.807, 2.05) is 0 Å². The summed E-state index contributed by atoms with van der Waals surface area (Å²) in [5.74, 6) is -0.370. The number of carbonyl (C=O) groups excluding carboxylic acids is 1. The highest BCUT2D eigenvalue weighted by molar-refractivity contribution is 7.80. The van der Waals surface area contributed by atoms with Crippen LogP contribution in [0.15, 0.2) is 23.9 Å². The Morgan fingerprint density at radius 3 is 3.14 bits per heavy atom. The number of carbonyl (C=O) groups is 1. The molecule has 6 heteroatoms. The van der Waals surface area contributed by atoms with E-state index < -0.39 is 0 Å². The molecule has 76 valence electrons. The average Bonchev–Trinajstić information content (AvgIpc) is 2.48. The van der Waals surface area contributed by atoms with Gasteiger partial charge in [0.2, 0.25) is 0 Å². The lowest BCUT2D eigenvalue weighted by Crippen LogP contribution is -2.23. The summed E-state index contributed by atoms with van der Waals surface area (Å²) in [6.07, 6.45) is 2.96. The summed E-state index contributed by atoms with van der Waals surface area (Å²) in [4.78, 5) is 16.2. The topological polar surface area (TPSA) is 56.1 Å². The molecule has 0 aliphatic heterocycles. The number of hydrogen-bond donors (Lipinski definition) is 2. The molecule has 0 radical (unpaired) electrons. The summed E-state index contributed by atoms with van der Waals surface area (Å²) in [5, 5.41) is 4.36. The summed E-state index contributed by atoms with van der Waals surface area (Å²) in [6, 6.07) is 0.